The second kappa shape index (κ2) is 7.51. The summed E-state index contributed by atoms with van der Waals surface area (Å²) in [6.45, 7) is 4.77. The molecule has 2 aromatic carbocycles. The first-order valence-electron chi connectivity index (χ1n) is 10.0. The van der Waals surface area contributed by atoms with E-state index in [4.69, 9.17) is 9.72 Å². The van der Waals surface area contributed by atoms with Crippen LogP contribution in [0.5, 0.6) is 5.75 Å². The topological polar surface area (TPSA) is 80.1 Å². The molecule has 0 aliphatic rings. The Hall–Kier alpha value is -3.87. The van der Waals surface area contributed by atoms with Crippen molar-refractivity contribution in [2.75, 3.05) is 11.9 Å². The zero-order chi connectivity index (χ0) is 20.5. The van der Waals surface area contributed by atoms with Crippen molar-refractivity contribution in [3.05, 3.63) is 66.7 Å². The minimum Gasteiger partial charge on any atom is -0.494 e. The number of fused-ring (bicyclic) bond motifs is 2. The summed E-state index contributed by atoms with van der Waals surface area (Å²) in [4.78, 5) is 9.37. The quantitative estimate of drug-likeness (QED) is 0.422. The lowest BCUT2D eigenvalue weighted by molar-refractivity contribution is 0.337. The highest BCUT2D eigenvalue weighted by Crippen LogP contribution is 2.29. The number of rotatable bonds is 6. The van der Waals surface area contributed by atoms with Crippen molar-refractivity contribution in [1.29, 1.82) is 0 Å². The fourth-order valence-corrected chi connectivity index (χ4v) is 3.62. The molecular formula is C23H22N6O. The molecule has 0 saturated heterocycles. The number of aromatic nitrogens is 5. The molecule has 0 radical (unpaired) electrons. The Morgan fingerprint density at radius 3 is 2.93 bits per heavy atom. The second-order valence-corrected chi connectivity index (χ2v) is 7.04. The van der Waals surface area contributed by atoms with E-state index in [1.54, 1.807) is 6.20 Å². The van der Waals surface area contributed by atoms with Gasteiger partial charge >= 0.3 is 0 Å². The molecule has 0 aliphatic carbocycles. The van der Waals surface area contributed by atoms with E-state index in [0.29, 0.717) is 12.4 Å². The van der Waals surface area contributed by atoms with E-state index in [0.717, 1.165) is 51.2 Å². The Balaban J connectivity index is 1.56. The Morgan fingerprint density at radius 2 is 2.07 bits per heavy atom. The molecule has 0 fully saturated rings. The lowest BCUT2D eigenvalue weighted by atomic mass is 10.1. The average Bonchev–Trinajstić information content (AvgIpc) is 3.43. The van der Waals surface area contributed by atoms with Crippen LogP contribution in [-0.4, -0.2) is 31.2 Å². The standard InChI is InChI=1S/C23H22N6O/c1-3-15-12-18(6-8-21(15)30-4-2)26-22-23-24-9-10-29(23)14-20(27-22)16-5-7-19-17(11-16)13-25-28-19/h5-14H,3-4H2,1-2H3,(H,25,28)(H,26,27). The molecular weight excluding hydrogens is 376 g/mol. The molecule has 7 heteroatoms. The third-order valence-electron chi connectivity index (χ3n) is 5.11. The van der Waals surface area contributed by atoms with Crippen molar-refractivity contribution in [2.45, 2.75) is 20.3 Å². The minimum atomic E-state index is 0.652. The van der Waals surface area contributed by atoms with Crippen molar-refractivity contribution in [1.82, 2.24) is 24.6 Å². The van der Waals surface area contributed by atoms with E-state index in [1.807, 2.05) is 54.2 Å². The van der Waals surface area contributed by atoms with Crippen molar-refractivity contribution < 1.29 is 4.74 Å². The van der Waals surface area contributed by atoms with E-state index in [1.165, 1.54) is 0 Å². The van der Waals surface area contributed by atoms with Gasteiger partial charge in [-0.2, -0.15) is 5.10 Å². The van der Waals surface area contributed by atoms with E-state index < -0.39 is 0 Å². The smallest absolute Gasteiger partial charge is 0.180 e. The van der Waals surface area contributed by atoms with Crippen molar-refractivity contribution in [2.24, 2.45) is 0 Å². The molecule has 0 saturated carbocycles. The predicted molar refractivity (Wildman–Crippen MR) is 118 cm³/mol. The number of hydrogen-bond donors (Lipinski definition) is 2. The number of aryl methyl sites for hydroxylation is 1. The van der Waals surface area contributed by atoms with Crippen molar-refractivity contribution in [3.8, 4) is 17.0 Å². The number of nitrogens with one attached hydrogen (secondary N) is 2. The molecule has 2 N–H and O–H groups in total. The zero-order valence-corrected chi connectivity index (χ0v) is 16.9. The van der Waals surface area contributed by atoms with E-state index in [2.05, 4.69) is 39.6 Å². The molecule has 5 aromatic rings. The summed E-state index contributed by atoms with van der Waals surface area (Å²) in [6.07, 6.45) is 8.41. The first-order chi connectivity index (χ1) is 14.7. The summed E-state index contributed by atoms with van der Waals surface area (Å²) in [5, 5.41) is 11.6. The molecule has 30 heavy (non-hydrogen) atoms. The van der Waals surface area contributed by atoms with Crippen LogP contribution in [0.3, 0.4) is 0 Å². The van der Waals surface area contributed by atoms with Gasteiger partial charge in [-0.25, -0.2) is 9.97 Å². The monoisotopic (exact) mass is 398 g/mol. The van der Waals surface area contributed by atoms with Crippen LogP contribution < -0.4 is 10.1 Å². The van der Waals surface area contributed by atoms with Crippen LogP contribution >= 0.6 is 0 Å². The second-order valence-electron chi connectivity index (χ2n) is 7.04. The van der Waals surface area contributed by atoms with Crippen LogP contribution in [-0.2, 0) is 6.42 Å². The number of ether oxygens (including phenoxy) is 1. The van der Waals surface area contributed by atoms with E-state index in [-0.39, 0.29) is 0 Å². The van der Waals surface area contributed by atoms with Gasteiger partial charge in [0.2, 0.25) is 0 Å². The van der Waals surface area contributed by atoms with Gasteiger partial charge in [0, 0.05) is 35.2 Å². The molecule has 0 spiro atoms. The molecule has 0 atom stereocenters. The Morgan fingerprint density at radius 1 is 1.13 bits per heavy atom. The maximum atomic E-state index is 5.73. The molecule has 0 bridgehead atoms. The lowest BCUT2D eigenvalue weighted by Crippen LogP contribution is -2.02. The summed E-state index contributed by atoms with van der Waals surface area (Å²) in [5.41, 5.74) is 5.76. The largest absolute Gasteiger partial charge is 0.494 e. The number of hydrogen-bond acceptors (Lipinski definition) is 5. The first kappa shape index (κ1) is 18.2. The van der Waals surface area contributed by atoms with Crippen LogP contribution in [0.4, 0.5) is 11.5 Å². The Labute approximate surface area is 173 Å². The zero-order valence-electron chi connectivity index (χ0n) is 16.9. The molecule has 150 valence electrons. The van der Waals surface area contributed by atoms with Crippen LogP contribution in [0.2, 0.25) is 0 Å². The SMILES string of the molecule is CCOc1ccc(Nc2nc(-c3ccc4[nH]ncc4c3)cn3ccnc23)cc1CC. The fraction of sp³-hybridized carbons (Fsp3) is 0.174. The van der Waals surface area contributed by atoms with Gasteiger partial charge in [0.1, 0.15) is 5.75 Å². The molecule has 3 aromatic heterocycles. The molecule has 0 unspecified atom stereocenters. The molecule has 0 aliphatic heterocycles. The van der Waals surface area contributed by atoms with Gasteiger partial charge in [-0.3, -0.25) is 5.10 Å². The van der Waals surface area contributed by atoms with Crippen LogP contribution in [0.1, 0.15) is 19.4 Å². The molecule has 0 amide bonds. The van der Waals surface area contributed by atoms with Crippen LogP contribution in [0.25, 0.3) is 27.8 Å². The third-order valence-corrected chi connectivity index (χ3v) is 5.11. The highest BCUT2D eigenvalue weighted by atomic mass is 16.5. The van der Waals surface area contributed by atoms with Gasteiger partial charge in [-0.15, -0.1) is 0 Å². The minimum absolute atomic E-state index is 0.652. The van der Waals surface area contributed by atoms with Gasteiger partial charge in [-0.1, -0.05) is 13.0 Å². The highest BCUT2D eigenvalue weighted by Gasteiger charge is 2.12. The predicted octanol–water partition coefficient (Wildman–Crippen LogP) is 4.98. The Kier molecular flexibility index (Phi) is 4.55. The molecule has 7 nitrogen and oxygen atoms in total. The maximum Gasteiger partial charge on any atom is 0.180 e. The molecule has 5 rings (SSSR count). The first-order valence-corrected chi connectivity index (χ1v) is 10.0. The summed E-state index contributed by atoms with van der Waals surface area (Å²) >= 11 is 0. The lowest BCUT2D eigenvalue weighted by Gasteiger charge is -2.13. The number of anilines is 2. The normalized spacial score (nSPS) is 11.3. The van der Waals surface area contributed by atoms with E-state index >= 15 is 0 Å². The summed E-state index contributed by atoms with van der Waals surface area (Å²) < 4.78 is 7.71. The van der Waals surface area contributed by atoms with Crippen molar-refractivity contribution >= 4 is 28.1 Å². The summed E-state index contributed by atoms with van der Waals surface area (Å²) in [5.74, 6) is 1.63. The summed E-state index contributed by atoms with van der Waals surface area (Å²) in [7, 11) is 0. The Bertz CT molecular complexity index is 1340. The summed E-state index contributed by atoms with van der Waals surface area (Å²) in [6, 6.07) is 12.3. The number of benzene rings is 2. The van der Waals surface area contributed by atoms with Gasteiger partial charge in [-0.05, 0) is 49.2 Å². The third kappa shape index (κ3) is 3.24. The van der Waals surface area contributed by atoms with Gasteiger partial charge in [0.05, 0.1) is 24.0 Å². The molecule has 3 heterocycles. The van der Waals surface area contributed by atoms with Crippen LogP contribution in [0, 0.1) is 0 Å². The van der Waals surface area contributed by atoms with E-state index in [9.17, 15) is 0 Å². The maximum absolute atomic E-state index is 5.73. The van der Waals surface area contributed by atoms with Gasteiger partial charge < -0.3 is 14.5 Å². The van der Waals surface area contributed by atoms with Gasteiger partial charge in [0.15, 0.2) is 11.5 Å². The van der Waals surface area contributed by atoms with Crippen LogP contribution in [0.15, 0.2) is 61.2 Å². The number of nitrogens with zero attached hydrogens (tertiary/aromatic N) is 4. The average molecular weight is 398 g/mol. The number of aromatic amines is 1. The number of H-pyrrole nitrogens is 1. The van der Waals surface area contributed by atoms with Gasteiger partial charge in [0.25, 0.3) is 0 Å². The fourth-order valence-electron chi connectivity index (χ4n) is 3.62. The number of imidazole rings is 1. The van der Waals surface area contributed by atoms with Crippen molar-refractivity contribution in [3.63, 3.8) is 0 Å². The highest BCUT2D eigenvalue weighted by molar-refractivity contribution is 5.84.